The van der Waals surface area contributed by atoms with E-state index in [0.29, 0.717) is 50.0 Å². The van der Waals surface area contributed by atoms with Crippen molar-refractivity contribution < 1.29 is 22.7 Å². The molecule has 3 heterocycles. The van der Waals surface area contributed by atoms with Gasteiger partial charge in [-0.05, 0) is 43.7 Å². The van der Waals surface area contributed by atoms with Crippen LogP contribution in [0.2, 0.25) is 0 Å². The lowest BCUT2D eigenvalue weighted by Gasteiger charge is -2.37. The van der Waals surface area contributed by atoms with Gasteiger partial charge in [-0.1, -0.05) is 6.92 Å². The van der Waals surface area contributed by atoms with Gasteiger partial charge in [-0.3, -0.25) is 4.79 Å². The maximum Gasteiger partial charge on any atom is 0.416 e. The predicted octanol–water partition coefficient (Wildman–Crippen LogP) is 2.93. The highest BCUT2D eigenvalue weighted by Crippen LogP contribution is 2.32. The summed E-state index contributed by atoms with van der Waals surface area (Å²) in [6.07, 6.45) is 0.587. The molecule has 4 rings (SSSR count). The van der Waals surface area contributed by atoms with E-state index in [1.165, 1.54) is 6.20 Å². The Bertz CT molecular complexity index is 767. The van der Waals surface area contributed by atoms with E-state index in [1.807, 2.05) is 9.80 Å². The SMILES string of the molecule is CC1COCCC1NC1CCC(C(=O)N2CCN(c3cc(C(F)(F)F)ccn3)CC2)C1. The lowest BCUT2D eigenvalue weighted by molar-refractivity contribution is -0.137. The number of piperazine rings is 1. The lowest BCUT2D eigenvalue weighted by Crippen LogP contribution is -2.50. The average molecular weight is 441 g/mol. The molecule has 1 aromatic rings. The third-order valence-corrected chi connectivity index (χ3v) is 6.86. The highest BCUT2D eigenvalue weighted by molar-refractivity contribution is 5.79. The molecule has 172 valence electrons. The minimum Gasteiger partial charge on any atom is -0.381 e. The number of hydrogen-bond donors (Lipinski definition) is 1. The van der Waals surface area contributed by atoms with Gasteiger partial charge in [0.05, 0.1) is 12.2 Å². The summed E-state index contributed by atoms with van der Waals surface area (Å²) in [4.78, 5) is 20.8. The van der Waals surface area contributed by atoms with Crippen molar-refractivity contribution in [3.63, 3.8) is 0 Å². The van der Waals surface area contributed by atoms with E-state index in [2.05, 4.69) is 17.2 Å². The molecule has 4 atom stereocenters. The van der Waals surface area contributed by atoms with Gasteiger partial charge in [-0.2, -0.15) is 13.2 Å². The molecule has 2 aliphatic heterocycles. The number of amides is 1. The molecule has 0 radical (unpaired) electrons. The molecule has 31 heavy (non-hydrogen) atoms. The van der Waals surface area contributed by atoms with Crippen LogP contribution < -0.4 is 10.2 Å². The number of anilines is 1. The molecule has 1 N–H and O–H groups in total. The zero-order valence-corrected chi connectivity index (χ0v) is 17.9. The van der Waals surface area contributed by atoms with E-state index in [1.54, 1.807) is 0 Å². The number of rotatable bonds is 4. The van der Waals surface area contributed by atoms with Crippen molar-refractivity contribution in [2.24, 2.45) is 11.8 Å². The fraction of sp³-hybridized carbons (Fsp3) is 0.727. The molecule has 3 fully saturated rings. The van der Waals surface area contributed by atoms with E-state index >= 15 is 0 Å². The number of pyridine rings is 1. The van der Waals surface area contributed by atoms with Crippen molar-refractivity contribution in [1.29, 1.82) is 0 Å². The van der Waals surface area contributed by atoms with Gasteiger partial charge >= 0.3 is 6.18 Å². The van der Waals surface area contributed by atoms with Crippen LogP contribution in [-0.2, 0) is 15.7 Å². The average Bonchev–Trinajstić information content (AvgIpc) is 3.23. The molecule has 1 aromatic heterocycles. The second kappa shape index (κ2) is 9.32. The minimum absolute atomic E-state index is 0.0332. The number of ether oxygens (including phenoxy) is 1. The van der Waals surface area contributed by atoms with Crippen molar-refractivity contribution in [3.05, 3.63) is 23.9 Å². The monoisotopic (exact) mass is 440 g/mol. The molecule has 1 aliphatic carbocycles. The second-order valence-corrected chi connectivity index (χ2v) is 9.03. The van der Waals surface area contributed by atoms with Crippen LogP contribution in [0.25, 0.3) is 0 Å². The van der Waals surface area contributed by atoms with Crippen molar-refractivity contribution in [3.8, 4) is 0 Å². The molecule has 6 nitrogen and oxygen atoms in total. The molecule has 1 amide bonds. The van der Waals surface area contributed by atoms with Gasteiger partial charge in [0.15, 0.2) is 0 Å². The zero-order valence-electron chi connectivity index (χ0n) is 17.9. The van der Waals surface area contributed by atoms with Crippen molar-refractivity contribution in [2.75, 3.05) is 44.3 Å². The third-order valence-electron chi connectivity index (χ3n) is 6.86. The maximum absolute atomic E-state index is 13.0. The van der Waals surface area contributed by atoms with E-state index in [9.17, 15) is 18.0 Å². The van der Waals surface area contributed by atoms with Gasteiger partial charge < -0.3 is 19.9 Å². The Labute approximate surface area is 181 Å². The van der Waals surface area contributed by atoms with Crippen molar-refractivity contribution >= 4 is 11.7 Å². The molecule has 0 spiro atoms. The van der Waals surface area contributed by atoms with Crippen LogP contribution in [-0.4, -0.2) is 67.3 Å². The minimum atomic E-state index is -4.38. The quantitative estimate of drug-likeness (QED) is 0.780. The maximum atomic E-state index is 13.0. The summed E-state index contributed by atoms with van der Waals surface area (Å²) in [6.45, 7) is 5.81. The summed E-state index contributed by atoms with van der Waals surface area (Å²) in [6, 6.07) is 2.89. The molecule has 9 heteroatoms. The largest absolute Gasteiger partial charge is 0.416 e. The van der Waals surface area contributed by atoms with Crippen LogP contribution in [0.3, 0.4) is 0 Å². The first-order valence-electron chi connectivity index (χ1n) is 11.2. The summed E-state index contributed by atoms with van der Waals surface area (Å²) in [5.41, 5.74) is -0.695. The van der Waals surface area contributed by atoms with E-state index in [0.717, 1.165) is 51.0 Å². The zero-order chi connectivity index (χ0) is 22.0. The predicted molar refractivity (Wildman–Crippen MR) is 111 cm³/mol. The smallest absolute Gasteiger partial charge is 0.381 e. The summed E-state index contributed by atoms with van der Waals surface area (Å²) < 4.78 is 44.4. The number of nitrogens with zero attached hydrogens (tertiary/aromatic N) is 3. The van der Waals surface area contributed by atoms with Crippen LogP contribution in [0.4, 0.5) is 19.0 Å². The Morgan fingerprint density at radius 3 is 2.68 bits per heavy atom. The molecule has 1 saturated carbocycles. The Morgan fingerprint density at radius 2 is 1.97 bits per heavy atom. The number of hydrogen-bond acceptors (Lipinski definition) is 5. The van der Waals surface area contributed by atoms with E-state index in [4.69, 9.17) is 4.74 Å². The summed E-state index contributed by atoms with van der Waals surface area (Å²) >= 11 is 0. The van der Waals surface area contributed by atoms with Gasteiger partial charge in [-0.15, -0.1) is 0 Å². The van der Waals surface area contributed by atoms with Crippen molar-refractivity contribution in [1.82, 2.24) is 15.2 Å². The van der Waals surface area contributed by atoms with Gasteiger partial charge in [-0.25, -0.2) is 4.98 Å². The van der Waals surface area contributed by atoms with Crippen LogP contribution in [0.15, 0.2) is 18.3 Å². The topological polar surface area (TPSA) is 57.7 Å². The molecule has 3 aliphatic rings. The normalized spacial score (nSPS) is 29.9. The van der Waals surface area contributed by atoms with Crippen molar-refractivity contribution in [2.45, 2.75) is 50.9 Å². The van der Waals surface area contributed by atoms with Gasteiger partial charge in [0.25, 0.3) is 0 Å². The number of alkyl halides is 3. The van der Waals surface area contributed by atoms with E-state index < -0.39 is 11.7 Å². The van der Waals surface area contributed by atoms with Crippen LogP contribution >= 0.6 is 0 Å². The van der Waals surface area contributed by atoms with E-state index in [-0.39, 0.29) is 11.8 Å². The molecular weight excluding hydrogens is 409 g/mol. The fourth-order valence-corrected chi connectivity index (χ4v) is 4.97. The number of carbonyl (C=O) groups excluding carboxylic acids is 1. The highest BCUT2D eigenvalue weighted by atomic mass is 19.4. The Morgan fingerprint density at radius 1 is 1.19 bits per heavy atom. The van der Waals surface area contributed by atoms with Crippen LogP contribution in [0.1, 0.15) is 38.2 Å². The Kier molecular flexibility index (Phi) is 6.71. The first-order chi connectivity index (χ1) is 14.8. The first kappa shape index (κ1) is 22.3. The molecule has 2 saturated heterocycles. The third kappa shape index (κ3) is 5.31. The second-order valence-electron chi connectivity index (χ2n) is 9.03. The fourth-order valence-electron chi connectivity index (χ4n) is 4.97. The summed E-state index contributed by atoms with van der Waals surface area (Å²) in [7, 11) is 0. The number of halogens is 3. The Balaban J connectivity index is 1.27. The number of aromatic nitrogens is 1. The molecule has 4 unspecified atom stereocenters. The van der Waals surface area contributed by atoms with Gasteiger partial charge in [0.1, 0.15) is 5.82 Å². The first-order valence-corrected chi connectivity index (χ1v) is 11.2. The summed E-state index contributed by atoms with van der Waals surface area (Å²) in [5.74, 6) is 1.02. The number of nitrogens with one attached hydrogen (secondary N) is 1. The van der Waals surface area contributed by atoms with Gasteiger partial charge in [0.2, 0.25) is 5.91 Å². The molecular formula is C22H31F3N4O2. The molecule has 0 aromatic carbocycles. The standard InChI is InChI=1S/C22H31F3N4O2/c1-15-14-31-11-5-19(15)27-18-3-2-16(12-18)21(30)29-9-7-28(8-10-29)20-13-17(4-6-26-20)22(23,24)25/h4,6,13,15-16,18-19,27H,2-3,5,7-12,14H2,1H3. The Hall–Kier alpha value is -1.87. The van der Waals surface area contributed by atoms with Gasteiger partial charge in [0, 0.05) is 57.0 Å². The van der Waals surface area contributed by atoms with Crippen LogP contribution in [0, 0.1) is 11.8 Å². The molecule has 0 bridgehead atoms. The van der Waals surface area contributed by atoms with Crippen LogP contribution in [0.5, 0.6) is 0 Å². The summed E-state index contributed by atoms with van der Waals surface area (Å²) in [5, 5.41) is 3.74. The number of carbonyl (C=O) groups is 1. The lowest BCUT2D eigenvalue weighted by atomic mass is 9.96. The highest BCUT2D eigenvalue weighted by Gasteiger charge is 2.36.